The number of carbonyl (C=O) groups excluding carboxylic acids is 1. The first-order chi connectivity index (χ1) is 7.79. The van der Waals surface area contributed by atoms with E-state index in [4.69, 9.17) is 4.74 Å². The van der Waals surface area contributed by atoms with E-state index in [9.17, 15) is 4.79 Å². The summed E-state index contributed by atoms with van der Waals surface area (Å²) in [6.07, 6.45) is 4.44. The molecule has 2 fully saturated rings. The van der Waals surface area contributed by atoms with Gasteiger partial charge in [-0.3, -0.25) is 4.90 Å². The Bertz CT molecular complexity index is 239. The van der Waals surface area contributed by atoms with Crippen molar-refractivity contribution in [3.63, 3.8) is 0 Å². The van der Waals surface area contributed by atoms with Gasteiger partial charge in [0.1, 0.15) is 6.10 Å². The van der Waals surface area contributed by atoms with Crippen LogP contribution < -0.4 is 0 Å². The maximum atomic E-state index is 11.8. The molecule has 16 heavy (non-hydrogen) atoms. The molecule has 0 aromatic rings. The molecule has 4 heteroatoms. The molecular formula is C12H22N2O2. The minimum atomic E-state index is -0.0968. The molecule has 0 N–H and O–H groups in total. The van der Waals surface area contributed by atoms with E-state index in [2.05, 4.69) is 11.8 Å². The predicted molar refractivity (Wildman–Crippen MR) is 62.4 cm³/mol. The van der Waals surface area contributed by atoms with Gasteiger partial charge in [-0.15, -0.1) is 0 Å². The van der Waals surface area contributed by atoms with Crippen molar-refractivity contribution >= 4 is 6.09 Å². The van der Waals surface area contributed by atoms with E-state index in [1.807, 2.05) is 4.90 Å². The maximum Gasteiger partial charge on any atom is 0.410 e. The van der Waals surface area contributed by atoms with Crippen LogP contribution in [-0.2, 0) is 4.74 Å². The summed E-state index contributed by atoms with van der Waals surface area (Å²) in [5.74, 6) is 0. The van der Waals surface area contributed by atoms with E-state index in [0.717, 1.165) is 58.4 Å². The Balaban J connectivity index is 1.77. The van der Waals surface area contributed by atoms with Gasteiger partial charge in [0.25, 0.3) is 0 Å². The van der Waals surface area contributed by atoms with Gasteiger partial charge in [-0.05, 0) is 38.8 Å². The summed E-state index contributed by atoms with van der Waals surface area (Å²) in [6.45, 7) is 7.03. The van der Waals surface area contributed by atoms with Crippen molar-refractivity contribution in [3.8, 4) is 0 Å². The lowest BCUT2D eigenvalue weighted by Gasteiger charge is -2.32. The van der Waals surface area contributed by atoms with Crippen LogP contribution in [0.25, 0.3) is 0 Å². The first-order valence-electron chi connectivity index (χ1n) is 6.47. The summed E-state index contributed by atoms with van der Waals surface area (Å²) in [4.78, 5) is 16.0. The largest absolute Gasteiger partial charge is 0.445 e. The van der Waals surface area contributed by atoms with Crippen LogP contribution in [0.3, 0.4) is 0 Å². The molecule has 0 bridgehead atoms. The molecule has 1 amide bonds. The topological polar surface area (TPSA) is 32.8 Å². The van der Waals surface area contributed by atoms with E-state index in [-0.39, 0.29) is 12.2 Å². The fraction of sp³-hybridized carbons (Fsp3) is 0.917. The van der Waals surface area contributed by atoms with Gasteiger partial charge in [-0.2, -0.15) is 0 Å². The average molecular weight is 226 g/mol. The standard InChI is InChI=1S/C12H22N2O2/c1-2-13-7-5-6-11(10-13)16-12(15)14-8-3-4-9-14/h11H,2-10H2,1H3. The van der Waals surface area contributed by atoms with Gasteiger partial charge in [0.15, 0.2) is 0 Å². The van der Waals surface area contributed by atoms with E-state index in [1.54, 1.807) is 0 Å². The molecule has 92 valence electrons. The Hall–Kier alpha value is -0.770. The molecule has 2 rings (SSSR count). The molecule has 2 saturated heterocycles. The Labute approximate surface area is 97.5 Å². The van der Waals surface area contributed by atoms with Gasteiger partial charge in [-0.1, -0.05) is 6.92 Å². The lowest BCUT2D eigenvalue weighted by atomic mass is 10.1. The van der Waals surface area contributed by atoms with E-state index in [1.165, 1.54) is 0 Å². The van der Waals surface area contributed by atoms with Crippen LogP contribution >= 0.6 is 0 Å². The zero-order valence-electron chi connectivity index (χ0n) is 10.2. The van der Waals surface area contributed by atoms with Gasteiger partial charge in [0, 0.05) is 19.6 Å². The minimum absolute atomic E-state index is 0.0968. The van der Waals surface area contributed by atoms with Gasteiger partial charge in [0.2, 0.25) is 0 Å². The highest BCUT2D eigenvalue weighted by molar-refractivity contribution is 5.68. The quantitative estimate of drug-likeness (QED) is 0.718. The number of rotatable bonds is 2. The van der Waals surface area contributed by atoms with E-state index < -0.39 is 0 Å². The normalized spacial score (nSPS) is 27.1. The highest BCUT2D eigenvalue weighted by Crippen LogP contribution is 2.16. The van der Waals surface area contributed by atoms with Crippen LogP contribution in [0, 0.1) is 0 Å². The van der Waals surface area contributed by atoms with Gasteiger partial charge < -0.3 is 9.64 Å². The number of hydrogen-bond donors (Lipinski definition) is 0. The van der Waals surface area contributed by atoms with Crippen molar-refractivity contribution < 1.29 is 9.53 Å². The van der Waals surface area contributed by atoms with Crippen LogP contribution in [0.5, 0.6) is 0 Å². The third kappa shape index (κ3) is 2.88. The number of likely N-dealkylation sites (tertiary alicyclic amines) is 2. The molecule has 0 aromatic carbocycles. The molecule has 0 radical (unpaired) electrons. The van der Waals surface area contributed by atoms with Crippen LogP contribution in [0.2, 0.25) is 0 Å². The van der Waals surface area contributed by atoms with E-state index in [0.29, 0.717) is 0 Å². The number of ether oxygens (including phenoxy) is 1. The zero-order valence-corrected chi connectivity index (χ0v) is 10.2. The maximum absolute atomic E-state index is 11.8. The fourth-order valence-electron chi connectivity index (χ4n) is 2.51. The van der Waals surface area contributed by atoms with Crippen molar-refractivity contribution in [1.29, 1.82) is 0 Å². The van der Waals surface area contributed by atoms with Gasteiger partial charge >= 0.3 is 6.09 Å². The monoisotopic (exact) mass is 226 g/mol. The highest BCUT2D eigenvalue weighted by atomic mass is 16.6. The summed E-state index contributed by atoms with van der Waals surface area (Å²) in [6, 6.07) is 0. The summed E-state index contributed by atoms with van der Waals surface area (Å²) in [5, 5.41) is 0. The predicted octanol–water partition coefficient (Wildman–Crippen LogP) is 1.70. The third-order valence-electron chi connectivity index (χ3n) is 3.54. The Morgan fingerprint density at radius 3 is 2.69 bits per heavy atom. The second kappa shape index (κ2) is 5.53. The van der Waals surface area contributed by atoms with Crippen molar-refractivity contribution in [2.45, 2.75) is 38.7 Å². The molecule has 0 saturated carbocycles. The number of nitrogens with zero attached hydrogens (tertiary/aromatic N) is 2. The summed E-state index contributed by atoms with van der Waals surface area (Å²) in [5.41, 5.74) is 0. The molecule has 2 aliphatic rings. The minimum Gasteiger partial charge on any atom is -0.445 e. The van der Waals surface area contributed by atoms with Gasteiger partial charge in [0.05, 0.1) is 0 Å². The smallest absolute Gasteiger partial charge is 0.410 e. The van der Waals surface area contributed by atoms with Crippen LogP contribution in [0.1, 0.15) is 32.6 Å². The molecule has 4 nitrogen and oxygen atoms in total. The van der Waals surface area contributed by atoms with Crippen LogP contribution in [0.15, 0.2) is 0 Å². The van der Waals surface area contributed by atoms with Crippen molar-refractivity contribution in [2.24, 2.45) is 0 Å². The summed E-state index contributed by atoms with van der Waals surface area (Å²) < 4.78 is 5.55. The number of carbonyl (C=O) groups is 1. The number of likely N-dealkylation sites (N-methyl/N-ethyl adjacent to an activating group) is 1. The summed E-state index contributed by atoms with van der Waals surface area (Å²) >= 11 is 0. The molecule has 2 heterocycles. The summed E-state index contributed by atoms with van der Waals surface area (Å²) in [7, 11) is 0. The molecule has 1 atom stereocenters. The number of hydrogen-bond acceptors (Lipinski definition) is 3. The lowest BCUT2D eigenvalue weighted by molar-refractivity contribution is 0.0266. The first-order valence-corrected chi connectivity index (χ1v) is 6.47. The van der Waals surface area contributed by atoms with Crippen molar-refractivity contribution in [2.75, 3.05) is 32.7 Å². The second-order valence-electron chi connectivity index (χ2n) is 4.74. The Morgan fingerprint density at radius 2 is 2.00 bits per heavy atom. The molecule has 0 spiro atoms. The number of amides is 1. The number of piperidine rings is 1. The van der Waals surface area contributed by atoms with Crippen molar-refractivity contribution in [3.05, 3.63) is 0 Å². The SMILES string of the molecule is CCN1CCCC(OC(=O)N2CCCC2)C1. The highest BCUT2D eigenvalue weighted by Gasteiger charge is 2.25. The molecule has 0 aliphatic carbocycles. The fourth-order valence-corrected chi connectivity index (χ4v) is 2.51. The molecule has 1 unspecified atom stereocenters. The zero-order chi connectivity index (χ0) is 11.4. The van der Waals surface area contributed by atoms with Gasteiger partial charge in [-0.25, -0.2) is 4.79 Å². The first kappa shape index (κ1) is 11.7. The Morgan fingerprint density at radius 1 is 1.25 bits per heavy atom. The van der Waals surface area contributed by atoms with Crippen LogP contribution in [-0.4, -0.2) is 54.7 Å². The van der Waals surface area contributed by atoms with Crippen molar-refractivity contribution in [1.82, 2.24) is 9.80 Å². The molecule has 0 aromatic heterocycles. The van der Waals surface area contributed by atoms with E-state index >= 15 is 0 Å². The molecular weight excluding hydrogens is 204 g/mol. The second-order valence-corrected chi connectivity index (χ2v) is 4.74. The van der Waals surface area contributed by atoms with Crippen LogP contribution in [0.4, 0.5) is 4.79 Å². The Kier molecular flexibility index (Phi) is 4.04. The lowest BCUT2D eigenvalue weighted by Crippen LogP contribution is -2.42. The average Bonchev–Trinajstić information content (AvgIpc) is 2.83. The third-order valence-corrected chi connectivity index (χ3v) is 3.54. The molecule has 2 aliphatic heterocycles.